The fourth-order valence-electron chi connectivity index (χ4n) is 5.00. The van der Waals surface area contributed by atoms with E-state index >= 15 is 0 Å². The Morgan fingerprint density at radius 3 is 1.85 bits per heavy atom. The van der Waals surface area contributed by atoms with Gasteiger partial charge in [0.1, 0.15) is 13.2 Å². The SMILES string of the molecule is C1CCC(C2=NCCO2)CC1.CCCCCCCC/C=C\CCCCCCCCC1=NCCO1. The van der Waals surface area contributed by atoms with Crippen molar-refractivity contribution >= 4 is 11.8 Å². The molecule has 0 aromatic heterocycles. The Morgan fingerprint density at radius 1 is 0.676 bits per heavy atom. The Morgan fingerprint density at radius 2 is 1.26 bits per heavy atom. The average Bonchev–Trinajstić information content (AvgIpc) is 3.60. The van der Waals surface area contributed by atoms with E-state index in [4.69, 9.17) is 9.47 Å². The molecule has 0 amide bonds. The van der Waals surface area contributed by atoms with Gasteiger partial charge in [0.05, 0.1) is 13.1 Å². The maximum Gasteiger partial charge on any atom is 0.186 e. The summed E-state index contributed by atoms with van der Waals surface area (Å²) in [6.07, 6.45) is 31.7. The number of rotatable bonds is 17. The zero-order valence-corrected chi connectivity index (χ0v) is 22.4. The summed E-state index contributed by atoms with van der Waals surface area (Å²) in [5, 5.41) is 0. The molecule has 196 valence electrons. The molecule has 2 heterocycles. The molecule has 3 aliphatic rings. The topological polar surface area (TPSA) is 43.2 Å². The maximum atomic E-state index is 5.44. The largest absolute Gasteiger partial charge is 0.479 e. The van der Waals surface area contributed by atoms with E-state index in [2.05, 4.69) is 29.1 Å². The Bertz CT molecular complexity index is 564. The molecule has 0 saturated heterocycles. The van der Waals surface area contributed by atoms with Crippen LogP contribution >= 0.6 is 0 Å². The summed E-state index contributed by atoms with van der Waals surface area (Å²) in [7, 11) is 0. The van der Waals surface area contributed by atoms with Crippen LogP contribution in [0.15, 0.2) is 22.1 Å². The van der Waals surface area contributed by atoms with Crippen LogP contribution < -0.4 is 0 Å². The van der Waals surface area contributed by atoms with Crippen LogP contribution in [0.2, 0.25) is 0 Å². The highest BCUT2D eigenvalue weighted by atomic mass is 16.5. The van der Waals surface area contributed by atoms with Crippen molar-refractivity contribution in [1.29, 1.82) is 0 Å². The molecule has 0 radical (unpaired) electrons. The highest BCUT2D eigenvalue weighted by Gasteiger charge is 2.22. The molecule has 0 bridgehead atoms. The van der Waals surface area contributed by atoms with E-state index in [0.717, 1.165) is 44.5 Å². The number of aliphatic imine (C=N–C) groups is 2. The molecule has 1 saturated carbocycles. The summed E-state index contributed by atoms with van der Waals surface area (Å²) in [5.74, 6) is 2.73. The number of allylic oxidation sites excluding steroid dienone is 2. The lowest BCUT2D eigenvalue weighted by Crippen LogP contribution is -2.17. The third-order valence-electron chi connectivity index (χ3n) is 7.11. The highest BCUT2D eigenvalue weighted by molar-refractivity contribution is 5.79. The summed E-state index contributed by atoms with van der Waals surface area (Å²) < 4.78 is 10.9. The van der Waals surface area contributed by atoms with Gasteiger partial charge in [-0.3, -0.25) is 9.98 Å². The van der Waals surface area contributed by atoms with Crippen LogP contribution in [0.25, 0.3) is 0 Å². The van der Waals surface area contributed by atoms with Crippen LogP contribution in [0.4, 0.5) is 0 Å². The minimum absolute atomic E-state index is 0.672. The van der Waals surface area contributed by atoms with E-state index in [1.165, 1.54) is 122 Å². The smallest absolute Gasteiger partial charge is 0.186 e. The summed E-state index contributed by atoms with van der Waals surface area (Å²) in [6, 6.07) is 0. The molecule has 2 aliphatic heterocycles. The average molecular weight is 475 g/mol. The van der Waals surface area contributed by atoms with Gasteiger partial charge in [-0.15, -0.1) is 0 Å². The Balaban J connectivity index is 0.000000305. The van der Waals surface area contributed by atoms with Gasteiger partial charge in [0.25, 0.3) is 0 Å². The zero-order chi connectivity index (χ0) is 23.9. The van der Waals surface area contributed by atoms with Crippen LogP contribution in [0, 0.1) is 5.92 Å². The molecule has 0 atom stereocenters. The standard InChI is InChI=1S/C21H39NO.C9H15NO/c1-2-3-4-5-6-7-8-9-10-11-12-13-14-15-16-17-18-21-22-19-20-23-21;1-2-4-8(5-3-1)9-10-6-7-11-9/h9-10H,2-8,11-20H2,1H3;8H,1-7H2/b10-9-;. The first-order valence-electron chi connectivity index (χ1n) is 14.9. The molecule has 34 heavy (non-hydrogen) atoms. The van der Waals surface area contributed by atoms with Crippen LogP contribution in [-0.2, 0) is 9.47 Å². The fraction of sp³-hybridized carbons (Fsp3) is 0.867. The van der Waals surface area contributed by atoms with Crippen LogP contribution in [0.5, 0.6) is 0 Å². The van der Waals surface area contributed by atoms with Crippen molar-refractivity contribution in [3.8, 4) is 0 Å². The molecule has 0 N–H and O–H groups in total. The number of unbranched alkanes of at least 4 members (excludes halogenated alkanes) is 12. The van der Waals surface area contributed by atoms with Crippen molar-refractivity contribution in [3.63, 3.8) is 0 Å². The van der Waals surface area contributed by atoms with Gasteiger partial charge >= 0.3 is 0 Å². The van der Waals surface area contributed by atoms with E-state index in [0.29, 0.717) is 5.92 Å². The van der Waals surface area contributed by atoms with Gasteiger partial charge < -0.3 is 9.47 Å². The molecule has 3 rings (SSSR count). The van der Waals surface area contributed by atoms with Crippen LogP contribution in [-0.4, -0.2) is 38.1 Å². The Kier molecular flexibility index (Phi) is 17.9. The monoisotopic (exact) mass is 474 g/mol. The summed E-state index contributed by atoms with van der Waals surface area (Å²) in [5.41, 5.74) is 0. The highest BCUT2D eigenvalue weighted by Crippen LogP contribution is 2.26. The molecular formula is C30H54N2O2. The van der Waals surface area contributed by atoms with Gasteiger partial charge in [0.15, 0.2) is 11.8 Å². The van der Waals surface area contributed by atoms with E-state index in [9.17, 15) is 0 Å². The molecule has 4 nitrogen and oxygen atoms in total. The maximum absolute atomic E-state index is 5.44. The van der Waals surface area contributed by atoms with E-state index < -0.39 is 0 Å². The minimum Gasteiger partial charge on any atom is -0.479 e. The predicted molar refractivity (Wildman–Crippen MR) is 147 cm³/mol. The van der Waals surface area contributed by atoms with E-state index in [1.54, 1.807) is 0 Å². The van der Waals surface area contributed by atoms with Crippen molar-refractivity contribution in [2.24, 2.45) is 15.9 Å². The summed E-state index contributed by atoms with van der Waals surface area (Å²) in [6.45, 7) is 5.69. The first-order chi connectivity index (χ1) is 16.9. The molecule has 0 unspecified atom stereocenters. The predicted octanol–water partition coefficient (Wildman–Crippen LogP) is 8.84. The zero-order valence-electron chi connectivity index (χ0n) is 22.4. The van der Waals surface area contributed by atoms with Gasteiger partial charge in [-0.05, 0) is 44.9 Å². The molecule has 0 aromatic rings. The van der Waals surface area contributed by atoms with Crippen LogP contribution in [0.1, 0.15) is 135 Å². The third kappa shape index (κ3) is 14.8. The first-order valence-corrected chi connectivity index (χ1v) is 14.9. The van der Waals surface area contributed by atoms with Gasteiger partial charge in [-0.25, -0.2) is 0 Å². The summed E-state index contributed by atoms with van der Waals surface area (Å²) in [4.78, 5) is 8.68. The number of hydrogen-bond donors (Lipinski definition) is 0. The number of nitrogens with zero attached hydrogens (tertiary/aromatic N) is 2. The van der Waals surface area contributed by atoms with Gasteiger partial charge in [0.2, 0.25) is 0 Å². The number of ether oxygens (including phenoxy) is 2. The van der Waals surface area contributed by atoms with E-state index in [-0.39, 0.29) is 0 Å². The van der Waals surface area contributed by atoms with Crippen molar-refractivity contribution in [2.45, 2.75) is 135 Å². The molecule has 4 heteroatoms. The van der Waals surface area contributed by atoms with Gasteiger partial charge in [0, 0.05) is 12.3 Å². The lowest BCUT2D eigenvalue weighted by Gasteiger charge is -2.20. The second kappa shape index (κ2) is 21.0. The van der Waals surface area contributed by atoms with E-state index in [1.807, 2.05) is 0 Å². The molecule has 0 spiro atoms. The normalized spacial score (nSPS) is 18.3. The molecule has 0 aromatic carbocycles. The lowest BCUT2D eigenvalue weighted by molar-refractivity contribution is 0.299. The van der Waals surface area contributed by atoms with Crippen molar-refractivity contribution < 1.29 is 9.47 Å². The lowest BCUT2D eigenvalue weighted by atomic mass is 9.89. The second-order valence-electron chi connectivity index (χ2n) is 10.2. The van der Waals surface area contributed by atoms with Crippen molar-refractivity contribution in [2.75, 3.05) is 26.3 Å². The number of hydrogen-bond acceptors (Lipinski definition) is 4. The van der Waals surface area contributed by atoms with Gasteiger partial charge in [-0.1, -0.05) is 96.1 Å². The molecule has 1 aliphatic carbocycles. The fourth-order valence-corrected chi connectivity index (χ4v) is 5.00. The van der Waals surface area contributed by atoms with Crippen LogP contribution in [0.3, 0.4) is 0 Å². The minimum atomic E-state index is 0.672. The Hall–Kier alpha value is -1.32. The second-order valence-corrected chi connectivity index (χ2v) is 10.2. The quantitative estimate of drug-likeness (QED) is 0.156. The molecular weight excluding hydrogens is 420 g/mol. The van der Waals surface area contributed by atoms with Gasteiger partial charge in [-0.2, -0.15) is 0 Å². The molecule has 1 fully saturated rings. The third-order valence-corrected chi connectivity index (χ3v) is 7.11. The first kappa shape index (κ1) is 28.9. The van der Waals surface area contributed by atoms with Crippen molar-refractivity contribution in [3.05, 3.63) is 12.2 Å². The summed E-state index contributed by atoms with van der Waals surface area (Å²) >= 11 is 0. The Labute approximate surface area is 211 Å². The van der Waals surface area contributed by atoms with Crippen molar-refractivity contribution in [1.82, 2.24) is 0 Å².